The maximum absolute atomic E-state index is 12.0. The minimum absolute atomic E-state index is 0.0181. The smallest absolute Gasteiger partial charge is 0.337 e. The van der Waals surface area contributed by atoms with Crippen molar-refractivity contribution >= 4 is 29.6 Å². The van der Waals surface area contributed by atoms with Gasteiger partial charge in [-0.2, -0.15) is 0 Å². The predicted molar refractivity (Wildman–Crippen MR) is 106 cm³/mol. The fourth-order valence-electron chi connectivity index (χ4n) is 2.33. The number of aryl methyl sites for hydroxylation is 1. The van der Waals surface area contributed by atoms with E-state index < -0.39 is 24.5 Å². The second-order valence-electron chi connectivity index (χ2n) is 5.94. The molecule has 2 rings (SSSR count). The molecule has 29 heavy (non-hydrogen) atoms. The van der Waals surface area contributed by atoms with Crippen LogP contribution >= 0.6 is 0 Å². The first-order chi connectivity index (χ1) is 13.8. The molecule has 0 saturated heterocycles. The molecule has 0 heterocycles. The third kappa shape index (κ3) is 6.10. The van der Waals surface area contributed by atoms with Crippen molar-refractivity contribution < 1.29 is 33.7 Å². The number of hydrogen-bond donors (Lipinski definition) is 2. The molecule has 0 aliphatic rings. The number of methoxy groups -OCH3 is 2. The highest BCUT2D eigenvalue weighted by atomic mass is 16.5. The Hall–Kier alpha value is -3.81. The zero-order valence-corrected chi connectivity index (χ0v) is 16.2. The van der Waals surface area contributed by atoms with E-state index in [2.05, 4.69) is 10.1 Å². The summed E-state index contributed by atoms with van der Waals surface area (Å²) in [7, 11) is 2.68. The van der Waals surface area contributed by atoms with Crippen molar-refractivity contribution in [1.29, 1.82) is 0 Å². The van der Waals surface area contributed by atoms with E-state index in [1.807, 2.05) is 0 Å². The van der Waals surface area contributed by atoms with Gasteiger partial charge in [0.15, 0.2) is 18.1 Å². The lowest BCUT2D eigenvalue weighted by Gasteiger charge is -2.10. The van der Waals surface area contributed by atoms with Gasteiger partial charge >= 0.3 is 11.9 Å². The molecule has 8 nitrogen and oxygen atoms in total. The Kier molecular flexibility index (Phi) is 7.36. The first-order valence-corrected chi connectivity index (χ1v) is 8.54. The molecule has 0 aliphatic heterocycles. The van der Waals surface area contributed by atoms with E-state index in [4.69, 9.17) is 9.47 Å². The van der Waals surface area contributed by atoms with Gasteiger partial charge in [0.1, 0.15) is 0 Å². The van der Waals surface area contributed by atoms with Crippen molar-refractivity contribution in [2.75, 3.05) is 26.1 Å². The zero-order valence-electron chi connectivity index (χ0n) is 16.2. The summed E-state index contributed by atoms with van der Waals surface area (Å²) in [5.41, 5.74) is 2.05. The standard InChI is InChI=1S/C21H21NO7/c1-13-4-7-15(21(26)28-3)11-16(13)22-19(24)12-29-20(25)9-6-14-5-8-17(23)18(10-14)27-2/h4-11,23H,12H2,1-3H3,(H,22,24)/b9-6+. The molecule has 152 valence electrons. The number of carbonyl (C=O) groups excluding carboxylic acids is 3. The Labute approximate surface area is 167 Å². The summed E-state index contributed by atoms with van der Waals surface area (Å²) in [5, 5.41) is 12.1. The summed E-state index contributed by atoms with van der Waals surface area (Å²) in [5.74, 6) is -1.54. The van der Waals surface area contributed by atoms with Crippen LogP contribution in [0.2, 0.25) is 0 Å². The quantitative estimate of drug-likeness (QED) is 0.544. The lowest BCUT2D eigenvalue weighted by Crippen LogP contribution is -2.21. The van der Waals surface area contributed by atoms with Gasteiger partial charge in [-0.05, 0) is 48.4 Å². The topological polar surface area (TPSA) is 111 Å². The molecule has 0 spiro atoms. The Bertz CT molecular complexity index is 950. The fraction of sp³-hybridized carbons (Fsp3) is 0.190. The van der Waals surface area contributed by atoms with Crippen LogP contribution in [0.25, 0.3) is 6.08 Å². The number of aromatic hydroxyl groups is 1. The minimum atomic E-state index is -0.716. The molecule has 2 aromatic carbocycles. The first-order valence-electron chi connectivity index (χ1n) is 8.54. The van der Waals surface area contributed by atoms with Gasteiger partial charge in [-0.3, -0.25) is 4.79 Å². The number of amides is 1. The molecule has 0 atom stereocenters. The van der Waals surface area contributed by atoms with E-state index in [1.54, 1.807) is 31.2 Å². The molecule has 0 radical (unpaired) electrons. The maximum atomic E-state index is 12.0. The molecular weight excluding hydrogens is 378 g/mol. The van der Waals surface area contributed by atoms with Gasteiger partial charge in [0, 0.05) is 11.8 Å². The van der Waals surface area contributed by atoms with Crippen molar-refractivity contribution in [2.45, 2.75) is 6.92 Å². The summed E-state index contributed by atoms with van der Waals surface area (Å²) in [6.07, 6.45) is 2.62. The van der Waals surface area contributed by atoms with Crippen LogP contribution < -0.4 is 10.1 Å². The fourth-order valence-corrected chi connectivity index (χ4v) is 2.33. The molecule has 0 fully saturated rings. The molecule has 0 aliphatic carbocycles. The van der Waals surface area contributed by atoms with Crippen LogP contribution in [0, 0.1) is 6.92 Å². The van der Waals surface area contributed by atoms with E-state index in [0.29, 0.717) is 11.3 Å². The zero-order chi connectivity index (χ0) is 21.4. The third-order valence-electron chi connectivity index (χ3n) is 3.89. The number of benzene rings is 2. The lowest BCUT2D eigenvalue weighted by atomic mass is 10.1. The third-order valence-corrected chi connectivity index (χ3v) is 3.89. The van der Waals surface area contributed by atoms with Crippen LogP contribution in [-0.2, 0) is 19.1 Å². The molecule has 8 heteroatoms. The highest BCUT2D eigenvalue weighted by Crippen LogP contribution is 2.26. The van der Waals surface area contributed by atoms with Gasteiger partial charge in [0.05, 0.1) is 19.8 Å². The van der Waals surface area contributed by atoms with Crippen LogP contribution in [0.15, 0.2) is 42.5 Å². The molecule has 1 amide bonds. The number of ether oxygens (including phenoxy) is 3. The lowest BCUT2D eigenvalue weighted by molar-refractivity contribution is -0.142. The normalized spacial score (nSPS) is 10.4. The van der Waals surface area contributed by atoms with Crippen LogP contribution in [-0.4, -0.2) is 43.8 Å². The van der Waals surface area contributed by atoms with E-state index >= 15 is 0 Å². The Balaban J connectivity index is 1.92. The van der Waals surface area contributed by atoms with E-state index in [0.717, 1.165) is 11.6 Å². The van der Waals surface area contributed by atoms with Gasteiger partial charge < -0.3 is 24.6 Å². The van der Waals surface area contributed by atoms with Crippen molar-refractivity contribution in [2.24, 2.45) is 0 Å². The largest absolute Gasteiger partial charge is 0.504 e. The van der Waals surface area contributed by atoms with Crippen molar-refractivity contribution in [3.63, 3.8) is 0 Å². The molecular formula is C21H21NO7. The van der Waals surface area contributed by atoms with Gasteiger partial charge in [0.2, 0.25) is 0 Å². The van der Waals surface area contributed by atoms with Crippen molar-refractivity contribution in [3.05, 3.63) is 59.2 Å². The van der Waals surface area contributed by atoms with Crippen LogP contribution in [0.5, 0.6) is 11.5 Å². The van der Waals surface area contributed by atoms with Crippen molar-refractivity contribution in [1.82, 2.24) is 0 Å². The van der Waals surface area contributed by atoms with Crippen LogP contribution in [0.1, 0.15) is 21.5 Å². The van der Waals surface area contributed by atoms with Gasteiger partial charge in [-0.1, -0.05) is 12.1 Å². The highest BCUT2D eigenvalue weighted by molar-refractivity contribution is 5.97. The van der Waals surface area contributed by atoms with Crippen LogP contribution in [0.4, 0.5) is 5.69 Å². The molecule has 0 bridgehead atoms. The number of esters is 2. The summed E-state index contributed by atoms with van der Waals surface area (Å²) in [6.45, 7) is 1.27. The number of nitrogens with one attached hydrogen (secondary N) is 1. The molecule has 0 aromatic heterocycles. The van der Waals surface area contributed by atoms with Gasteiger partial charge in [-0.25, -0.2) is 9.59 Å². The van der Waals surface area contributed by atoms with E-state index in [1.165, 1.54) is 32.4 Å². The highest BCUT2D eigenvalue weighted by Gasteiger charge is 2.11. The Morgan fingerprint density at radius 1 is 1.10 bits per heavy atom. The summed E-state index contributed by atoms with van der Waals surface area (Å²) in [4.78, 5) is 35.4. The number of hydrogen-bond acceptors (Lipinski definition) is 7. The number of phenols is 1. The molecule has 0 unspecified atom stereocenters. The molecule has 2 N–H and O–H groups in total. The number of phenolic OH excluding ortho intramolecular Hbond substituents is 1. The Morgan fingerprint density at radius 2 is 1.86 bits per heavy atom. The van der Waals surface area contributed by atoms with E-state index in [-0.39, 0.29) is 17.1 Å². The number of rotatable bonds is 7. The SMILES string of the molecule is COC(=O)c1ccc(C)c(NC(=O)COC(=O)/C=C/c2ccc(O)c(OC)c2)c1. The molecule has 2 aromatic rings. The number of carbonyl (C=O) groups is 3. The number of anilines is 1. The molecule has 0 saturated carbocycles. The summed E-state index contributed by atoms with van der Waals surface area (Å²) in [6, 6.07) is 9.30. The monoisotopic (exact) mass is 399 g/mol. The van der Waals surface area contributed by atoms with Crippen LogP contribution in [0.3, 0.4) is 0 Å². The summed E-state index contributed by atoms with van der Waals surface area (Å²) >= 11 is 0. The second kappa shape index (κ2) is 9.93. The second-order valence-corrected chi connectivity index (χ2v) is 5.94. The van der Waals surface area contributed by atoms with Gasteiger partial charge in [-0.15, -0.1) is 0 Å². The van der Waals surface area contributed by atoms with Gasteiger partial charge in [0.25, 0.3) is 5.91 Å². The Morgan fingerprint density at radius 3 is 2.55 bits per heavy atom. The predicted octanol–water partition coefficient (Wildman–Crippen LogP) is 2.69. The van der Waals surface area contributed by atoms with E-state index in [9.17, 15) is 19.5 Å². The first kappa shape index (κ1) is 21.5. The van der Waals surface area contributed by atoms with Crippen molar-refractivity contribution in [3.8, 4) is 11.5 Å². The maximum Gasteiger partial charge on any atom is 0.337 e. The minimum Gasteiger partial charge on any atom is -0.504 e. The summed E-state index contributed by atoms with van der Waals surface area (Å²) < 4.78 is 14.5. The average molecular weight is 399 g/mol. The average Bonchev–Trinajstić information content (AvgIpc) is 2.72.